The third-order valence-electron chi connectivity index (χ3n) is 15.5. The van der Waals surface area contributed by atoms with E-state index in [-0.39, 0.29) is 55.3 Å². The Kier molecular flexibility index (Phi) is 13.0. The number of phenolic OH excluding ortho intramolecular Hbond substituents is 1. The van der Waals surface area contributed by atoms with E-state index >= 15 is 0 Å². The normalized spacial score (nSPS) is 33.7. The molecule has 4 fully saturated rings. The molecule has 5 aliphatic carbocycles. The molecule has 7 rings (SSSR count). The summed E-state index contributed by atoms with van der Waals surface area (Å²) in [5.74, 6) is 4.79. The highest BCUT2D eigenvalue weighted by Gasteiger charge is 2.59. The molecule has 55 heavy (non-hydrogen) atoms. The van der Waals surface area contributed by atoms with E-state index in [9.17, 15) is 14.7 Å². The number of carbonyl (C=O) groups is 2. The van der Waals surface area contributed by atoms with E-state index in [1.54, 1.807) is 29.0 Å². The van der Waals surface area contributed by atoms with Gasteiger partial charge in [0.2, 0.25) is 0 Å². The highest BCUT2D eigenvalue weighted by atomic mass is 32.1. The Morgan fingerprint density at radius 2 is 1.76 bits per heavy atom. The zero-order valence-corrected chi connectivity index (χ0v) is 35.3. The summed E-state index contributed by atoms with van der Waals surface area (Å²) in [5, 5.41) is 10.8. The number of hydrogen-bond acceptors (Lipinski definition) is 8. The van der Waals surface area contributed by atoms with Crippen molar-refractivity contribution < 1.29 is 28.9 Å². The topological polar surface area (TPSA) is 95.0 Å². The van der Waals surface area contributed by atoms with Crippen LogP contribution in [0.25, 0.3) is 10.2 Å². The molecule has 0 amide bonds. The van der Waals surface area contributed by atoms with Crippen molar-refractivity contribution in [1.82, 2.24) is 4.98 Å². The average molecular weight is 776 g/mol. The lowest BCUT2D eigenvalue weighted by Crippen LogP contribution is -2.51. The minimum absolute atomic E-state index is 0.0205. The lowest BCUT2D eigenvalue weighted by molar-refractivity contribution is -0.157. The van der Waals surface area contributed by atoms with E-state index in [1.807, 2.05) is 6.07 Å². The Hall–Kier alpha value is -2.45. The van der Waals surface area contributed by atoms with Gasteiger partial charge in [-0.15, -0.1) is 11.3 Å². The summed E-state index contributed by atoms with van der Waals surface area (Å²) in [6.07, 6.45) is 21.7. The molecule has 5 aliphatic rings. The van der Waals surface area contributed by atoms with Gasteiger partial charge in [-0.25, -0.2) is 4.98 Å². The molecule has 4 saturated carbocycles. The van der Waals surface area contributed by atoms with Gasteiger partial charge in [0.05, 0.1) is 40.8 Å². The summed E-state index contributed by atoms with van der Waals surface area (Å²) in [7, 11) is 0. The first-order valence-electron chi connectivity index (χ1n) is 22.2. The minimum atomic E-state index is -0.376. The molecule has 1 aromatic carbocycles. The van der Waals surface area contributed by atoms with Crippen LogP contribution >= 0.6 is 11.3 Å². The second-order valence-electron chi connectivity index (χ2n) is 19.3. The maximum atomic E-state index is 12.8. The number of allylic oxidation sites excluding steroid dienone is 1. The predicted molar refractivity (Wildman–Crippen MR) is 220 cm³/mol. The molecule has 1 N–H and O–H groups in total. The van der Waals surface area contributed by atoms with Crippen LogP contribution in [0.4, 0.5) is 0 Å². The van der Waals surface area contributed by atoms with Gasteiger partial charge in [-0.2, -0.15) is 0 Å². The number of rotatable bonds is 15. The highest BCUT2D eigenvalue weighted by Crippen LogP contribution is 2.67. The second-order valence-corrected chi connectivity index (χ2v) is 20.4. The summed E-state index contributed by atoms with van der Waals surface area (Å²) < 4.78 is 18.7. The van der Waals surface area contributed by atoms with Crippen LogP contribution in [0.5, 0.6) is 5.75 Å². The highest BCUT2D eigenvalue weighted by molar-refractivity contribution is 7.18. The Labute approximate surface area is 334 Å². The van der Waals surface area contributed by atoms with Gasteiger partial charge in [0.15, 0.2) is 0 Å². The molecule has 0 aliphatic heterocycles. The van der Waals surface area contributed by atoms with E-state index in [0.717, 1.165) is 95.7 Å². The van der Waals surface area contributed by atoms with E-state index in [1.165, 1.54) is 57.8 Å². The van der Waals surface area contributed by atoms with Crippen molar-refractivity contribution in [2.24, 2.45) is 52.3 Å². The maximum Gasteiger partial charge on any atom is 0.306 e. The smallest absolute Gasteiger partial charge is 0.306 e. The number of thiazole rings is 1. The first kappa shape index (κ1) is 40.7. The Bertz CT molecular complexity index is 1670. The van der Waals surface area contributed by atoms with Crippen molar-refractivity contribution >= 4 is 33.5 Å². The van der Waals surface area contributed by atoms with Crippen LogP contribution in [0, 0.1) is 52.3 Å². The molecule has 0 saturated heterocycles. The number of aromatic hydroxyl groups is 1. The van der Waals surface area contributed by atoms with Crippen LogP contribution in [0.3, 0.4) is 0 Å². The van der Waals surface area contributed by atoms with Gasteiger partial charge in [0, 0.05) is 12.3 Å². The first-order chi connectivity index (χ1) is 26.4. The summed E-state index contributed by atoms with van der Waals surface area (Å²) in [4.78, 5) is 30.1. The lowest BCUT2D eigenvalue weighted by Gasteiger charge is -2.58. The largest absolute Gasteiger partial charge is 0.508 e. The number of esters is 2. The first-order valence-corrected chi connectivity index (χ1v) is 23.0. The van der Waals surface area contributed by atoms with Gasteiger partial charge in [-0.05, 0) is 135 Å². The molecule has 7 nitrogen and oxygen atoms in total. The molecule has 1 heterocycles. The predicted octanol–water partition coefficient (Wildman–Crippen LogP) is 11.4. The molecule has 8 heteroatoms. The number of benzene rings is 1. The third kappa shape index (κ3) is 9.16. The molecule has 1 aromatic heterocycles. The Morgan fingerprint density at radius 1 is 0.945 bits per heavy atom. The van der Waals surface area contributed by atoms with E-state index in [2.05, 4.69) is 40.7 Å². The van der Waals surface area contributed by atoms with Gasteiger partial charge < -0.3 is 19.3 Å². The molecule has 2 aromatic rings. The van der Waals surface area contributed by atoms with Gasteiger partial charge in [0.25, 0.3) is 0 Å². The molecule has 304 valence electrons. The minimum Gasteiger partial charge on any atom is -0.508 e. The molecular formula is C47H69NO6S. The van der Waals surface area contributed by atoms with Crippen LogP contribution in [0.1, 0.15) is 149 Å². The summed E-state index contributed by atoms with van der Waals surface area (Å²) in [6, 6.07) is 5.24. The molecule has 0 spiro atoms. The fraction of sp³-hybridized carbons (Fsp3) is 0.766. The fourth-order valence-electron chi connectivity index (χ4n) is 12.5. The number of nitrogens with zero attached hydrogens (tertiary/aromatic N) is 1. The number of phenols is 1. The van der Waals surface area contributed by atoms with Gasteiger partial charge in [0.1, 0.15) is 18.5 Å². The SMILES string of the molecule is CC(C)CCC[C@@H](C)[C@H]1CCC2C3CC=C4C[C@@H](OCCOC(=O)CCC(=O)OC5CCCC[C@@H]5Cc5nc6ccc(O)cc6s5)CC[C@]4(C)C3CC[C@@]21C. The van der Waals surface area contributed by atoms with E-state index < -0.39 is 0 Å². The van der Waals surface area contributed by atoms with Crippen LogP contribution in [0.15, 0.2) is 29.8 Å². The number of ether oxygens (including phenoxy) is 3. The van der Waals surface area contributed by atoms with E-state index in [0.29, 0.717) is 17.4 Å². The number of carbonyl (C=O) groups excluding carboxylic acids is 2. The standard InChI is InChI=1S/C47H69NO6S/c1-30(2)9-8-10-31(3)37-16-17-38-36-15-13-33-28-35(21-23-46(33,4)39(36)22-24-47(37,38)5)52-25-26-53-44(50)19-20-45(51)54-41-12-7-6-11-32(41)27-43-48-40-18-14-34(49)29-42(40)55-43/h13-14,18,29-32,35-39,41,49H,6-12,15-17,19-28H2,1-5H3/t31-,32-,35+,36?,37-,38?,39?,41?,46+,47-/m1/s1. The summed E-state index contributed by atoms with van der Waals surface area (Å²) in [5.41, 5.74) is 3.32. The molecule has 10 atom stereocenters. The number of hydrogen-bond donors (Lipinski definition) is 1. The lowest BCUT2D eigenvalue weighted by atomic mass is 9.47. The van der Waals surface area contributed by atoms with E-state index in [4.69, 9.17) is 19.2 Å². The van der Waals surface area contributed by atoms with Gasteiger partial charge in [-0.3, -0.25) is 9.59 Å². The maximum absolute atomic E-state index is 12.8. The van der Waals surface area contributed by atoms with Crippen molar-refractivity contribution in [3.63, 3.8) is 0 Å². The third-order valence-corrected chi connectivity index (χ3v) is 16.5. The van der Waals surface area contributed by atoms with Crippen LogP contribution in [0.2, 0.25) is 0 Å². The van der Waals surface area contributed by atoms with Crippen molar-refractivity contribution in [1.29, 1.82) is 0 Å². The zero-order valence-electron chi connectivity index (χ0n) is 34.5. The zero-order chi connectivity index (χ0) is 38.7. The van der Waals surface area contributed by atoms with Crippen LogP contribution in [-0.2, 0) is 30.2 Å². The molecule has 4 unspecified atom stereocenters. The molecule has 0 bridgehead atoms. The van der Waals surface area contributed by atoms with Gasteiger partial charge >= 0.3 is 11.9 Å². The van der Waals surface area contributed by atoms with Crippen LogP contribution < -0.4 is 0 Å². The monoisotopic (exact) mass is 775 g/mol. The van der Waals surface area contributed by atoms with Crippen LogP contribution in [-0.4, -0.2) is 47.5 Å². The number of fused-ring (bicyclic) bond motifs is 6. The van der Waals surface area contributed by atoms with Crippen molar-refractivity contribution in [2.75, 3.05) is 13.2 Å². The van der Waals surface area contributed by atoms with Crippen molar-refractivity contribution in [3.05, 3.63) is 34.9 Å². The van der Waals surface area contributed by atoms with Gasteiger partial charge in [-0.1, -0.05) is 72.0 Å². The Balaban J connectivity index is 0.816. The molecule has 0 radical (unpaired) electrons. The fourth-order valence-corrected chi connectivity index (χ4v) is 13.6. The average Bonchev–Trinajstić information content (AvgIpc) is 3.72. The quantitative estimate of drug-likeness (QED) is 0.109. The summed E-state index contributed by atoms with van der Waals surface area (Å²) >= 11 is 1.59. The number of aromatic nitrogens is 1. The summed E-state index contributed by atoms with van der Waals surface area (Å²) in [6.45, 7) is 13.2. The second kappa shape index (κ2) is 17.6. The van der Waals surface area contributed by atoms with Crippen molar-refractivity contribution in [3.8, 4) is 5.75 Å². The Morgan fingerprint density at radius 3 is 2.60 bits per heavy atom. The van der Waals surface area contributed by atoms with Crippen molar-refractivity contribution in [2.45, 2.75) is 162 Å². The molecular weight excluding hydrogens is 707 g/mol.